The van der Waals surface area contributed by atoms with Crippen LogP contribution in [0.5, 0.6) is 0 Å². The van der Waals surface area contributed by atoms with Crippen molar-refractivity contribution in [3.05, 3.63) is 50.1 Å². The summed E-state index contributed by atoms with van der Waals surface area (Å²) in [6.07, 6.45) is 0. The van der Waals surface area contributed by atoms with E-state index in [0.717, 1.165) is 27.8 Å². The minimum absolute atomic E-state index is 0.0503. The van der Waals surface area contributed by atoms with E-state index in [0.29, 0.717) is 5.56 Å². The smallest absolute Gasteiger partial charge is 0.207 e. The normalized spacial score (nSPS) is 13.6. The van der Waals surface area contributed by atoms with Crippen LogP contribution in [0.1, 0.15) is 18.5 Å². The Morgan fingerprint density at radius 2 is 1.82 bits per heavy atom. The van der Waals surface area contributed by atoms with E-state index in [-0.39, 0.29) is 13.6 Å². The molecule has 0 fully saturated rings. The van der Waals surface area contributed by atoms with Gasteiger partial charge in [-0.05, 0) is 30.7 Å². The van der Waals surface area contributed by atoms with Crippen LogP contribution in [0.2, 0.25) is 8.67 Å². The van der Waals surface area contributed by atoms with Crippen LogP contribution < -0.4 is 0 Å². The van der Waals surface area contributed by atoms with Crippen molar-refractivity contribution < 1.29 is 17.2 Å². The first-order valence-electron chi connectivity index (χ1n) is 6.02. The van der Waals surface area contributed by atoms with Crippen LogP contribution in [0.3, 0.4) is 0 Å². The van der Waals surface area contributed by atoms with Crippen molar-refractivity contribution in [2.24, 2.45) is 0 Å². The Balaban J connectivity index is 2.39. The molecule has 1 heterocycles. The number of benzene rings is 1. The first-order chi connectivity index (χ1) is 10.1. The zero-order valence-corrected chi connectivity index (χ0v) is 14.6. The van der Waals surface area contributed by atoms with Gasteiger partial charge in [0.1, 0.15) is 9.23 Å². The lowest BCUT2D eigenvalue weighted by atomic mass is 10.1. The minimum atomic E-state index is -3.91. The molecule has 2 rings (SSSR count). The fraction of sp³-hybridized carbons (Fsp3) is 0.231. The molecule has 1 aromatic heterocycles. The second kappa shape index (κ2) is 6.41. The summed E-state index contributed by atoms with van der Waals surface area (Å²) in [6.45, 7) is 1.56. The summed E-state index contributed by atoms with van der Waals surface area (Å²) in [6, 6.07) is 3.80. The van der Waals surface area contributed by atoms with E-state index in [9.17, 15) is 17.2 Å². The number of thiophene rings is 1. The Bertz CT molecular complexity index is 808. The third-order valence-corrected chi connectivity index (χ3v) is 6.94. The van der Waals surface area contributed by atoms with Gasteiger partial charge < -0.3 is 0 Å². The maximum atomic E-state index is 13.3. The van der Waals surface area contributed by atoms with Gasteiger partial charge in [0.05, 0.1) is 4.34 Å². The molecule has 0 amide bonds. The highest BCUT2D eigenvalue weighted by Crippen LogP contribution is 2.37. The van der Waals surface area contributed by atoms with Crippen molar-refractivity contribution >= 4 is 44.6 Å². The zero-order valence-electron chi connectivity index (χ0n) is 11.5. The van der Waals surface area contributed by atoms with Gasteiger partial charge in [0.25, 0.3) is 0 Å². The van der Waals surface area contributed by atoms with Gasteiger partial charge in [0.2, 0.25) is 10.0 Å². The van der Waals surface area contributed by atoms with Crippen LogP contribution in [0.25, 0.3) is 0 Å². The summed E-state index contributed by atoms with van der Waals surface area (Å²) in [4.78, 5) is -0.110. The van der Waals surface area contributed by atoms with Crippen LogP contribution >= 0.6 is 34.5 Å². The number of hydrogen-bond donors (Lipinski definition) is 0. The molecule has 1 unspecified atom stereocenters. The molecule has 22 heavy (non-hydrogen) atoms. The first-order valence-corrected chi connectivity index (χ1v) is 9.03. The highest BCUT2D eigenvalue weighted by Gasteiger charge is 2.30. The molecule has 0 aliphatic heterocycles. The second-order valence-corrected chi connectivity index (χ2v) is 8.81. The van der Waals surface area contributed by atoms with Gasteiger partial charge >= 0.3 is 0 Å². The number of nitrogens with zero attached hydrogens (tertiary/aromatic N) is 1. The summed E-state index contributed by atoms with van der Waals surface area (Å²) in [5.74, 6) is -2.03. The quantitative estimate of drug-likeness (QED) is 0.763. The number of rotatable bonds is 4. The van der Waals surface area contributed by atoms with Crippen LogP contribution in [0.4, 0.5) is 8.78 Å². The Kier molecular flexibility index (Phi) is 5.13. The monoisotopic (exact) mass is 385 g/mol. The number of halogens is 4. The van der Waals surface area contributed by atoms with Gasteiger partial charge in [0.15, 0.2) is 11.6 Å². The van der Waals surface area contributed by atoms with Gasteiger partial charge in [-0.15, -0.1) is 11.3 Å². The Morgan fingerprint density at radius 3 is 2.32 bits per heavy atom. The number of sulfonamides is 1. The lowest BCUT2D eigenvalue weighted by Gasteiger charge is -2.24. The second-order valence-electron chi connectivity index (χ2n) is 4.56. The lowest BCUT2D eigenvalue weighted by molar-refractivity contribution is 0.396. The molecular weight excluding hydrogens is 375 g/mol. The SMILES string of the molecule is CC(c1ccc(F)c(F)c1)N(C)S(=O)(=O)c1cc(Cl)sc1Cl. The average Bonchev–Trinajstić information content (AvgIpc) is 2.79. The molecule has 0 spiro atoms. The van der Waals surface area contributed by atoms with Gasteiger partial charge in [-0.1, -0.05) is 29.3 Å². The Labute approximate surface area is 141 Å². The number of hydrogen-bond acceptors (Lipinski definition) is 3. The molecule has 0 aliphatic carbocycles. The van der Waals surface area contributed by atoms with Crippen molar-refractivity contribution in [1.82, 2.24) is 4.31 Å². The highest BCUT2D eigenvalue weighted by molar-refractivity contribution is 7.89. The topological polar surface area (TPSA) is 37.4 Å². The molecule has 3 nitrogen and oxygen atoms in total. The van der Waals surface area contributed by atoms with Crippen molar-refractivity contribution in [2.45, 2.75) is 17.9 Å². The highest BCUT2D eigenvalue weighted by atomic mass is 35.5. The van der Waals surface area contributed by atoms with Crippen LogP contribution in [0, 0.1) is 11.6 Å². The van der Waals surface area contributed by atoms with E-state index >= 15 is 0 Å². The van der Waals surface area contributed by atoms with Crippen molar-refractivity contribution in [1.29, 1.82) is 0 Å². The molecule has 120 valence electrons. The predicted octanol–water partition coefficient (Wildman–Crippen LogP) is 4.71. The Morgan fingerprint density at radius 1 is 1.18 bits per heavy atom. The zero-order chi connectivity index (χ0) is 16.7. The third-order valence-electron chi connectivity index (χ3n) is 3.25. The predicted molar refractivity (Wildman–Crippen MR) is 84.1 cm³/mol. The van der Waals surface area contributed by atoms with E-state index in [2.05, 4.69) is 0 Å². The van der Waals surface area contributed by atoms with Crippen molar-refractivity contribution in [3.8, 4) is 0 Å². The summed E-state index contributed by atoms with van der Waals surface area (Å²) in [5, 5.41) is 0. The third kappa shape index (κ3) is 3.28. The maximum absolute atomic E-state index is 13.3. The molecule has 2 aromatic rings. The van der Waals surface area contributed by atoms with Crippen molar-refractivity contribution in [3.63, 3.8) is 0 Å². The van der Waals surface area contributed by atoms with E-state index in [1.165, 1.54) is 19.2 Å². The standard InChI is InChI=1S/C13H11Cl2F2NO2S2/c1-7(8-3-4-9(16)10(17)5-8)18(2)22(19,20)11-6-12(14)21-13(11)15/h3-7H,1-2H3. The molecule has 0 radical (unpaired) electrons. The molecule has 9 heteroatoms. The van der Waals surface area contributed by atoms with Crippen LogP contribution in [-0.2, 0) is 10.0 Å². The first kappa shape index (κ1) is 17.6. The van der Waals surface area contributed by atoms with Gasteiger partial charge in [-0.25, -0.2) is 17.2 Å². The molecule has 0 saturated heterocycles. The van der Waals surface area contributed by atoms with E-state index in [1.54, 1.807) is 6.92 Å². The van der Waals surface area contributed by atoms with Gasteiger partial charge in [-0.2, -0.15) is 4.31 Å². The van der Waals surface area contributed by atoms with Crippen LogP contribution in [0.15, 0.2) is 29.2 Å². The summed E-state index contributed by atoms with van der Waals surface area (Å²) in [7, 11) is -2.57. The fourth-order valence-electron chi connectivity index (χ4n) is 1.85. The summed E-state index contributed by atoms with van der Waals surface area (Å²) in [5.41, 5.74) is 0.322. The van der Waals surface area contributed by atoms with Gasteiger partial charge in [-0.3, -0.25) is 0 Å². The van der Waals surface area contributed by atoms with E-state index < -0.39 is 27.7 Å². The largest absolute Gasteiger partial charge is 0.245 e. The molecule has 0 bridgehead atoms. The molecule has 0 saturated carbocycles. The Hall–Kier alpha value is -0.730. The van der Waals surface area contributed by atoms with E-state index in [1.807, 2.05) is 0 Å². The fourth-order valence-corrected chi connectivity index (χ4v) is 5.31. The molecular formula is C13H11Cl2F2NO2S2. The molecule has 1 atom stereocenters. The lowest BCUT2D eigenvalue weighted by Crippen LogP contribution is -2.29. The molecule has 0 N–H and O–H groups in total. The minimum Gasteiger partial charge on any atom is -0.207 e. The summed E-state index contributed by atoms with van der Waals surface area (Å²) < 4.78 is 52.7. The van der Waals surface area contributed by atoms with Crippen LogP contribution in [-0.4, -0.2) is 19.8 Å². The average molecular weight is 386 g/mol. The van der Waals surface area contributed by atoms with Gasteiger partial charge in [0, 0.05) is 13.1 Å². The maximum Gasteiger partial charge on any atom is 0.245 e. The van der Waals surface area contributed by atoms with E-state index in [4.69, 9.17) is 23.2 Å². The molecule has 1 aromatic carbocycles. The van der Waals surface area contributed by atoms with Crippen molar-refractivity contribution in [2.75, 3.05) is 7.05 Å². The summed E-state index contributed by atoms with van der Waals surface area (Å²) >= 11 is 12.6. The molecule has 0 aliphatic rings.